The third-order valence-corrected chi connectivity index (χ3v) is 4.16. The molecule has 0 aromatic carbocycles. The summed E-state index contributed by atoms with van der Waals surface area (Å²) in [5.41, 5.74) is 0. The Bertz CT molecular complexity index is 350. The van der Waals surface area contributed by atoms with E-state index in [1.807, 2.05) is 17.9 Å². The van der Waals surface area contributed by atoms with Gasteiger partial charge in [0.25, 0.3) is 0 Å². The fraction of sp³-hybridized carbons (Fsp3) is 0.583. The fourth-order valence-corrected chi connectivity index (χ4v) is 3.00. The lowest BCUT2D eigenvalue weighted by Gasteiger charge is -2.23. The van der Waals surface area contributed by atoms with Gasteiger partial charge in [-0.2, -0.15) is 0 Å². The zero-order valence-corrected chi connectivity index (χ0v) is 10.6. The van der Waals surface area contributed by atoms with E-state index in [1.165, 1.54) is 4.88 Å². The number of carbonyl (C=O) groups is 1. The van der Waals surface area contributed by atoms with E-state index in [2.05, 4.69) is 23.7 Å². The van der Waals surface area contributed by atoms with Crippen LogP contribution in [0.4, 0.5) is 0 Å². The van der Waals surface area contributed by atoms with E-state index >= 15 is 0 Å². The van der Waals surface area contributed by atoms with Crippen molar-refractivity contribution in [3.05, 3.63) is 22.4 Å². The third kappa shape index (κ3) is 2.13. The Morgan fingerprint density at radius 3 is 3.12 bits per heavy atom. The molecule has 1 aromatic rings. The zero-order chi connectivity index (χ0) is 11.5. The average molecular weight is 238 g/mol. The second kappa shape index (κ2) is 4.97. The summed E-state index contributed by atoms with van der Waals surface area (Å²) in [7, 11) is 0. The molecule has 2 unspecified atom stereocenters. The van der Waals surface area contributed by atoms with Gasteiger partial charge in [0.15, 0.2) is 0 Å². The first kappa shape index (κ1) is 11.6. The van der Waals surface area contributed by atoms with E-state index in [1.54, 1.807) is 11.3 Å². The number of carbonyl (C=O) groups excluding carboxylic acids is 1. The normalized spacial score (nSPS) is 22.8. The smallest absolute Gasteiger partial charge is 0.240 e. The molecule has 16 heavy (non-hydrogen) atoms. The minimum absolute atomic E-state index is 0.0346. The number of thiophene rings is 1. The standard InChI is InChI=1S/C12H18N2OS/c1-3-13-10-6-7-14(12(10)15)9(2)11-5-4-8-16-11/h4-5,8-10,13H,3,6-7H2,1-2H3. The molecule has 1 aliphatic rings. The summed E-state index contributed by atoms with van der Waals surface area (Å²) in [6, 6.07) is 4.39. The highest BCUT2D eigenvalue weighted by Gasteiger charge is 2.34. The van der Waals surface area contributed by atoms with E-state index in [0.717, 1.165) is 19.5 Å². The van der Waals surface area contributed by atoms with Gasteiger partial charge in [-0.05, 0) is 31.3 Å². The van der Waals surface area contributed by atoms with Crippen molar-refractivity contribution in [3.8, 4) is 0 Å². The van der Waals surface area contributed by atoms with Gasteiger partial charge in [-0.3, -0.25) is 4.79 Å². The molecule has 1 aromatic heterocycles. The van der Waals surface area contributed by atoms with E-state index in [9.17, 15) is 4.79 Å². The summed E-state index contributed by atoms with van der Waals surface area (Å²) in [4.78, 5) is 15.4. The summed E-state index contributed by atoms with van der Waals surface area (Å²) >= 11 is 1.72. The van der Waals surface area contributed by atoms with Crippen LogP contribution in [0.1, 0.15) is 31.2 Å². The lowest BCUT2D eigenvalue weighted by atomic mass is 10.2. The van der Waals surface area contributed by atoms with Gasteiger partial charge in [0.1, 0.15) is 0 Å². The number of nitrogens with one attached hydrogen (secondary N) is 1. The summed E-state index contributed by atoms with van der Waals surface area (Å²) in [5.74, 6) is 0.253. The molecule has 1 saturated heterocycles. The Kier molecular flexibility index (Phi) is 3.61. The van der Waals surface area contributed by atoms with Crippen molar-refractivity contribution in [1.29, 1.82) is 0 Å². The van der Waals surface area contributed by atoms with Gasteiger partial charge in [0, 0.05) is 11.4 Å². The Labute approximate surface area is 100 Å². The predicted molar refractivity (Wildman–Crippen MR) is 66.5 cm³/mol. The Balaban J connectivity index is 2.04. The van der Waals surface area contributed by atoms with Crippen LogP contribution in [0.15, 0.2) is 17.5 Å². The quantitative estimate of drug-likeness (QED) is 0.870. The van der Waals surface area contributed by atoms with Gasteiger partial charge in [-0.15, -0.1) is 11.3 Å². The minimum atomic E-state index is 0.0346. The molecule has 1 N–H and O–H groups in total. The Morgan fingerprint density at radius 1 is 1.69 bits per heavy atom. The van der Waals surface area contributed by atoms with Crippen LogP contribution in [0.2, 0.25) is 0 Å². The largest absolute Gasteiger partial charge is 0.334 e. The maximum absolute atomic E-state index is 12.1. The monoisotopic (exact) mass is 238 g/mol. The number of amides is 1. The first-order chi connectivity index (χ1) is 7.74. The SMILES string of the molecule is CCNC1CCN(C(C)c2cccs2)C1=O. The minimum Gasteiger partial charge on any atom is -0.334 e. The molecule has 0 aliphatic carbocycles. The molecular weight excluding hydrogens is 220 g/mol. The van der Waals surface area contributed by atoms with Crippen molar-refractivity contribution in [2.75, 3.05) is 13.1 Å². The molecule has 0 saturated carbocycles. The van der Waals surface area contributed by atoms with Crippen LogP contribution in [0.5, 0.6) is 0 Å². The Morgan fingerprint density at radius 2 is 2.50 bits per heavy atom. The van der Waals surface area contributed by atoms with Crippen LogP contribution in [0, 0.1) is 0 Å². The van der Waals surface area contributed by atoms with Crippen molar-refractivity contribution < 1.29 is 4.79 Å². The highest BCUT2D eigenvalue weighted by molar-refractivity contribution is 7.10. The highest BCUT2D eigenvalue weighted by atomic mass is 32.1. The van der Waals surface area contributed by atoms with Crippen LogP contribution in [-0.2, 0) is 4.79 Å². The molecule has 3 nitrogen and oxygen atoms in total. The van der Waals surface area contributed by atoms with E-state index in [4.69, 9.17) is 0 Å². The van der Waals surface area contributed by atoms with Gasteiger partial charge in [-0.25, -0.2) is 0 Å². The maximum Gasteiger partial charge on any atom is 0.240 e. The number of rotatable bonds is 4. The molecule has 0 bridgehead atoms. The van der Waals surface area contributed by atoms with Crippen LogP contribution < -0.4 is 5.32 Å². The summed E-state index contributed by atoms with van der Waals surface area (Å²) in [6.07, 6.45) is 0.933. The third-order valence-electron chi connectivity index (χ3n) is 3.11. The van der Waals surface area contributed by atoms with Crippen LogP contribution in [-0.4, -0.2) is 29.9 Å². The number of hydrogen-bond acceptors (Lipinski definition) is 3. The number of likely N-dealkylation sites (tertiary alicyclic amines) is 1. The van der Waals surface area contributed by atoms with Crippen molar-refractivity contribution in [3.63, 3.8) is 0 Å². The lowest BCUT2D eigenvalue weighted by Crippen LogP contribution is -2.38. The second-order valence-corrected chi connectivity index (χ2v) is 5.10. The molecule has 4 heteroatoms. The fourth-order valence-electron chi connectivity index (χ4n) is 2.20. The van der Waals surface area contributed by atoms with E-state index in [-0.39, 0.29) is 18.0 Å². The zero-order valence-electron chi connectivity index (χ0n) is 9.77. The molecule has 1 aliphatic heterocycles. The van der Waals surface area contributed by atoms with Gasteiger partial charge in [-0.1, -0.05) is 13.0 Å². The number of likely N-dealkylation sites (N-methyl/N-ethyl adjacent to an activating group) is 1. The molecule has 0 spiro atoms. The predicted octanol–water partition coefficient (Wildman–Crippen LogP) is 2.02. The average Bonchev–Trinajstić information content (AvgIpc) is 2.89. The van der Waals surface area contributed by atoms with Gasteiger partial charge in [0.2, 0.25) is 5.91 Å². The van der Waals surface area contributed by atoms with Crippen molar-refractivity contribution in [1.82, 2.24) is 10.2 Å². The molecule has 1 amide bonds. The molecule has 2 heterocycles. The molecule has 2 rings (SSSR count). The topological polar surface area (TPSA) is 32.3 Å². The number of nitrogens with zero attached hydrogens (tertiary/aromatic N) is 1. The van der Waals surface area contributed by atoms with Crippen LogP contribution in [0.3, 0.4) is 0 Å². The Hall–Kier alpha value is -0.870. The van der Waals surface area contributed by atoms with Crippen molar-refractivity contribution >= 4 is 17.2 Å². The summed E-state index contributed by atoms with van der Waals surface area (Å²) in [5, 5.41) is 5.30. The highest BCUT2D eigenvalue weighted by Crippen LogP contribution is 2.28. The second-order valence-electron chi connectivity index (χ2n) is 4.12. The van der Waals surface area contributed by atoms with Gasteiger partial charge < -0.3 is 10.2 Å². The lowest BCUT2D eigenvalue weighted by molar-refractivity contribution is -0.131. The molecule has 88 valence electrons. The van der Waals surface area contributed by atoms with E-state index < -0.39 is 0 Å². The van der Waals surface area contributed by atoms with Crippen LogP contribution in [0.25, 0.3) is 0 Å². The summed E-state index contributed by atoms with van der Waals surface area (Å²) in [6.45, 7) is 5.88. The molecule has 0 radical (unpaired) electrons. The van der Waals surface area contributed by atoms with E-state index in [0.29, 0.717) is 0 Å². The van der Waals surface area contributed by atoms with Gasteiger partial charge in [0.05, 0.1) is 12.1 Å². The maximum atomic E-state index is 12.1. The molecule has 2 atom stereocenters. The number of hydrogen-bond donors (Lipinski definition) is 1. The van der Waals surface area contributed by atoms with Crippen molar-refractivity contribution in [2.24, 2.45) is 0 Å². The first-order valence-corrected chi connectivity index (χ1v) is 6.69. The molecular formula is C12H18N2OS. The molecule has 1 fully saturated rings. The van der Waals surface area contributed by atoms with Crippen LogP contribution >= 0.6 is 11.3 Å². The van der Waals surface area contributed by atoms with Crippen molar-refractivity contribution in [2.45, 2.75) is 32.4 Å². The summed E-state index contributed by atoms with van der Waals surface area (Å²) < 4.78 is 0. The first-order valence-electron chi connectivity index (χ1n) is 5.81. The van der Waals surface area contributed by atoms with Gasteiger partial charge >= 0.3 is 0 Å².